The number of halogens is 2. The quantitative estimate of drug-likeness (QED) is 0.662. The van der Waals surface area contributed by atoms with Crippen LogP contribution in [0.4, 0.5) is 8.78 Å². The van der Waals surface area contributed by atoms with Crippen molar-refractivity contribution in [2.45, 2.75) is 50.8 Å². The Balaban J connectivity index is 1.75. The van der Waals surface area contributed by atoms with Crippen LogP contribution in [0.2, 0.25) is 0 Å². The average Bonchev–Trinajstić information content (AvgIpc) is 3.28. The fourth-order valence-corrected chi connectivity index (χ4v) is 3.91. The Kier molecular flexibility index (Phi) is 4.16. The van der Waals surface area contributed by atoms with Gasteiger partial charge in [0, 0.05) is 23.7 Å². The highest BCUT2D eigenvalue weighted by molar-refractivity contribution is 6.01. The number of aliphatic hydroxyl groups excluding tert-OH is 1. The number of nitrogens with one attached hydrogen (secondary N) is 2. The van der Waals surface area contributed by atoms with Crippen molar-refractivity contribution >= 4 is 22.1 Å². The van der Waals surface area contributed by atoms with Crippen LogP contribution in [0.15, 0.2) is 18.5 Å². The molecular formula is C17H21F2N5O. The topological polar surface area (TPSA) is 78.8 Å². The molecule has 6 nitrogen and oxygen atoms in total. The van der Waals surface area contributed by atoms with E-state index in [9.17, 15) is 13.9 Å². The molecule has 1 aliphatic carbocycles. The predicted molar refractivity (Wildman–Crippen MR) is 90.7 cm³/mol. The molecule has 0 amide bonds. The number of nitrogens with zero attached hydrogens (tertiary/aromatic N) is 3. The van der Waals surface area contributed by atoms with E-state index in [1.165, 1.54) is 0 Å². The summed E-state index contributed by atoms with van der Waals surface area (Å²) >= 11 is 0. The third-order valence-corrected chi connectivity index (χ3v) is 4.97. The lowest BCUT2D eigenvalue weighted by Crippen LogP contribution is -2.31. The molecule has 3 N–H and O–H groups in total. The number of fused-ring (bicyclic) bond motifs is 3. The Hall–Kier alpha value is -2.06. The molecule has 3 aromatic rings. The maximum Gasteiger partial charge on any atom is 0.250 e. The summed E-state index contributed by atoms with van der Waals surface area (Å²) in [6, 6.07) is 2.13. The van der Waals surface area contributed by atoms with Gasteiger partial charge in [0.1, 0.15) is 23.1 Å². The number of hydrogen-bond acceptors (Lipinski definition) is 4. The number of alkyl halides is 2. The molecule has 0 spiro atoms. The average molecular weight is 349 g/mol. The first-order chi connectivity index (χ1) is 12.0. The van der Waals surface area contributed by atoms with Crippen molar-refractivity contribution in [3.05, 3.63) is 24.3 Å². The van der Waals surface area contributed by atoms with Gasteiger partial charge in [0.2, 0.25) is 0 Å². The van der Waals surface area contributed by atoms with Crippen LogP contribution in [0.1, 0.15) is 44.2 Å². The second kappa shape index (κ2) is 6.34. The molecule has 3 aromatic heterocycles. The summed E-state index contributed by atoms with van der Waals surface area (Å²) in [6.45, 7) is 1.41. The maximum atomic E-state index is 12.5. The van der Waals surface area contributed by atoms with Crippen LogP contribution >= 0.6 is 0 Å². The van der Waals surface area contributed by atoms with Crippen LogP contribution in [-0.2, 0) is 0 Å². The lowest BCUT2D eigenvalue weighted by molar-refractivity contribution is 0.141. The van der Waals surface area contributed by atoms with Crippen LogP contribution < -0.4 is 5.32 Å². The van der Waals surface area contributed by atoms with Gasteiger partial charge in [-0.15, -0.1) is 0 Å². The minimum atomic E-state index is -2.34. The molecule has 1 saturated carbocycles. The molecule has 25 heavy (non-hydrogen) atoms. The van der Waals surface area contributed by atoms with E-state index in [-0.39, 0.29) is 18.6 Å². The first-order valence-corrected chi connectivity index (χ1v) is 8.58. The molecule has 3 atom stereocenters. The number of hydrogen-bond donors (Lipinski definition) is 3. The molecule has 0 bridgehead atoms. The second-order valence-corrected chi connectivity index (χ2v) is 6.71. The fourth-order valence-electron chi connectivity index (χ4n) is 3.91. The van der Waals surface area contributed by atoms with Gasteiger partial charge in [0.25, 0.3) is 6.43 Å². The Morgan fingerprint density at radius 1 is 1.44 bits per heavy atom. The van der Waals surface area contributed by atoms with Gasteiger partial charge in [-0.2, -0.15) is 0 Å². The number of aromatic nitrogens is 4. The summed E-state index contributed by atoms with van der Waals surface area (Å²) in [5.74, 6) is 0.602. The summed E-state index contributed by atoms with van der Waals surface area (Å²) in [4.78, 5) is 12.0. The van der Waals surface area contributed by atoms with Crippen LogP contribution in [-0.4, -0.2) is 43.6 Å². The Morgan fingerprint density at radius 3 is 3.04 bits per heavy atom. The van der Waals surface area contributed by atoms with Crippen molar-refractivity contribution in [1.29, 1.82) is 0 Å². The summed E-state index contributed by atoms with van der Waals surface area (Å²) in [7, 11) is 0. The molecule has 0 saturated heterocycles. The van der Waals surface area contributed by atoms with Crippen LogP contribution in [0.5, 0.6) is 0 Å². The Labute approximate surface area is 143 Å². The molecule has 0 unspecified atom stereocenters. The SMILES string of the molecule is C[C@@H](O)c1nc2cnc3[nH]ccc3c2n1[C@H]1CC[C@@H](NCC(F)F)C1. The monoisotopic (exact) mass is 349 g/mol. The van der Waals surface area contributed by atoms with Gasteiger partial charge < -0.3 is 20.0 Å². The predicted octanol–water partition coefficient (Wildman–Crippen LogP) is 2.91. The Morgan fingerprint density at radius 2 is 2.28 bits per heavy atom. The van der Waals surface area contributed by atoms with Crippen molar-refractivity contribution in [3.63, 3.8) is 0 Å². The van der Waals surface area contributed by atoms with E-state index in [2.05, 4.69) is 24.8 Å². The molecule has 0 aromatic carbocycles. The molecule has 0 radical (unpaired) electrons. The number of aliphatic hydroxyl groups is 1. The lowest BCUT2D eigenvalue weighted by atomic mass is 10.2. The van der Waals surface area contributed by atoms with Crippen molar-refractivity contribution in [2.75, 3.05) is 6.54 Å². The van der Waals surface area contributed by atoms with Gasteiger partial charge in [0.15, 0.2) is 0 Å². The first-order valence-electron chi connectivity index (χ1n) is 8.58. The van der Waals surface area contributed by atoms with E-state index >= 15 is 0 Å². The minimum absolute atomic E-state index is 0.0573. The maximum absolute atomic E-state index is 12.5. The smallest absolute Gasteiger partial charge is 0.250 e. The highest BCUT2D eigenvalue weighted by Gasteiger charge is 2.30. The van der Waals surface area contributed by atoms with Gasteiger partial charge >= 0.3 is 0 Å². The number of H-pyrrole nitrogens is 1. The first kappa shape index (κ1) is 16.4. The molecule has 134 valence electrons. The largest absolute Gasteiger partial charge is 0.385 e. The molecular weight excluding hydrogens is 328 g/mol. The normalized spacial score (nSPS) is 22.4. The fraction of sp³-hybridized carbons (Fsp3) is 0.529. The van der Waals surface area contributed by atoms with Crippen molar-refractivity contribution in [3.8, 4) is 0 Å². The zero-order valence-corrected chi connectivity index (χ0v) is 13.9. The van der Waals surface area contributed by atoms with Crippen LogP contribution in [0, 0.1) is 0 Å². The van der Waals surface area contributed by atoms with Gasteiger partial charge in [-0.3, -0.25) is 0 Å². The van der Waals surface area contributed by atoms with Crippen molar-refractivity contribution in [1.82, 2.24) is 24.8 Å². The van der Waals surface area contributed by atoms with Gasteiger partial charge in [-0.1, -0.05) is 0 Å². The molecule has 3 heterocycles. The number of rotatable bonds is 5. The molecule has 8 heteroatoms. The zero-order chi connectivity index (χ0) is 17.6. The minimum Gasteiger partial charge on any atom is -0.385 e. The third kappa shape index (κ3) is 2.89. The van der Waals surface area contributed by atoms with Crippen LogP contribution in [0.25, 0.3) is 22.1 Å². The summed E-state index contributed by atoms with van der Waals surface area (Å²) in [6.07, 6.45) is 2.92. The number of imidazole rings is 1. The molecule has 0 aliphatic heterocycles. The van der Waals surface area contributed by atoms with Gasteiger partial charge in [-0.25, -0.2) is 18.7 Å². The molecule has 1 fully saturated rings. The molecule has 4 rings (SSSR count). The van der Waals surface area contributed by atoms with Gasteiger partial charge in [0.05, 0.1) is 18.3 Å². The van der Waals surface area contributed by atoms with Crippen molar-refractivity contribution in [2.24, 2.45) is 0 Å². The van der Waals surface area contributed by atoms with E-state index in [0.29, 0.717) is 5.82 Å². The van der Waals surface area contributed by atoms with E-state index in [4.69, 9.17) is 0 Å². The second-order valence-electron chi connectivity index (χ2n) is 6.71. The summed E-state index contributed by atoms with van der Waals surface area (Å²) < 4.78 is 27.0. The van der Waals surface area contributed by atoms with E-state index in [0.717, 1.165) is 41.3 Å². The Bertz CT molecular complexity index is 888. The zero-order valence-electron chi connectivity index (χ0n) is 13.9. The van der Waals surface area contributed by atoms with Crippen LogP contribution in [0.3, 0.4) is 0 Å². The lowest BCUT2D eigenvalue weighted by Gasteiger charge is -2.19. The van der Waals surface area contributed by atoms with E-state index in [1.807, 2.05) is 12.3 Å². The highest BCUT2D eigenvalue weighted by Crippen LogP contribution is 2.37. The highest BCUT2D eigenvalue weighted by atomic mass is 19.3. The van der Waals surface area contributed by atoms with E-state index in [1.54, 1.807) is 13.1 Å². The van der Waals surface area contributed by atoms with Gasteiger partial charge in [-0.05, 0) is 32.3 Å². The number of aromatic amines is 1. The van der Waals surface area contributed by atoms with Crippen molar-refractivity contribution < 1.29 is 13.9 Å². The molecule has 1 aliphatic rings. The standard InChI is InChI=1S/C17H21F2N5O/c1-9(25)17-23-13-7-22-16-12(4-5-20-16)15(13)24(17)11-3-2-10(6-11)21-8-14(18)19/h4-5,7,9-11,14,21,25H,2-3,6,8H2,1H3,(H,20,22)/t9-,10-,11+/m1/s1. The number of pyridine rings is 1. The summed E-state index contributed by atoms with van der Waals surface area (Å²) in [5.41, 5.74) is 2.46. The summed E-state index contributed by atoms with van der Waals surface area (Å²) in [5, 5.41) is 14.1. The van der Waals surface area contributed by atoms with E-state index < -0.39 is 12.5 Å². The third-order valence-electron chi connectivity index (χ3n) is 4.97.